The monoisotopic (exact) mass is 322 g/mol. The topological polar surface area (TPSA) is 49.9 Å². The Balaban J connectivity index is 1.48. The average Bonchev–Trinajstić information content (AvgIpc) is 3.05. The van der Waals surface area contributed by atoms with E-state index in [1.807, 2.05) is 22.4 Å². The van der Waals surface area contributed by atoms with Crippen LogP contribution >= 0.6 is 11.3 Å². The van der Waals surface area contributed by atoms with Crippen LogP contribution in [0.3, 0.4) is 0 Å². The molecule has 1 aromatic heterocycles. The van der Waals surface area contributed by atoms with Gasteiger partial charge in [-0.05, 0) is 29.7 Å². The molecule has 2 fully saturated rings. The van der Waals surface area contributed by atoms with Gasteiger partial charge in [0.1, 0.15) is 0 Å². The Labute approximate surface area is 134 Å². The molecule has 1 aliphatic heterocycles. The molecule has 1 aliphatic carbocycles. The first-order chi connectivity index (χ1) is 10.6. The van der Waals surface area contributed by atoms with Crippen LogP contribution in [-0.2, 0) is 9.53 Å². The third kappa shape index (κ3) is 3.50. The molecule has 2 heterocycles. The summed E-state index contributed by atoms with van der Waals surface area (Å²) in [7, 11) is 1.45. The van der Waals surface area contributed by atoms with E-state index in [4.69, 9.17) is 4.74 Å². The number of carbonyl (C=O) groups excluding carboxylic acids is 2. The molecule has 0 aromatic carbocycles. The van der Waals surface area contributed by atoms with E-state index in [-0.39, 0.29) is 17.3 Å². The molecule has 1 aromatic rings. The van der Waals surface area contributed by atoms with Crippen LogP contribution in [0.15, 0.2) is 17.5 Å². The molecule has 1 saturated heterocycles. The molecule has 5 nitrogen and oxygen atoms in total. The fourth-order valence-electron chi connectivity index (χ4n) is 3.09. The molecule has 0 N–H and O–H groups in total. The molecule has 120 valence electrons. The maximum Gasteiger partial charge on any atom is 0.306 e. The van der Waals surface area contributed by atoms with E-state index >= 15 is 0 Å². The summed E-state index contributed by atoms with van der Waals surface area (Å²) in [5.74, 6) is 0.0364. The van der Waals surface area contributed by atoms with Crippen molar-refractivity contribution in [3.05, 3.63) is 22.4 Å². The van der Waals surface area contributed by atoms with Crippen molar-refractivity contribution in [2.75, 3.05) is 39.8 Å². The minimum Gasteiger partial charge on any atom is -0.469 e. The van der Waals surface area contributed by atoms with E-state index in [9.17, 15) is 9.59 Å². The van der Waals surface area contributed by atoms with Gasteiger partial charge in [-0.15, -0.1) is 11.3 Å². The maximum absolute atomic E-state index is 12.3. The lowest BCUT2D eigenvalue weighted by atomic mass is 10.0. The summed E-state index contributed by atoms with van der Waals surface area (Å²) in [4.78, 5) is 28.9. The van der Waals surface area contributed by atoms with E-state index in [1.54, 1.807) is 0 Å². The number of piperazine rings is 1. The fourth-order valence-corrected chi connectivity index (χ4v) is 3.78. The summed E-state index contributed by atoms with van der Waals surface area (Å²) < 4.78 is 4.80. The van der Waals surface area contributed by atoms with Crippen molar-refractivity contribution in [1.82, 2.24) is 9.80 Å². The van der Waals surface area contributed by atoms with Crippen molar-refractivity contribution in [3.63, 3.8) is 0 Å². The van der Waals surface area contributed by atoms with Crippen molar-refractivity contribution >= 4 is 23.2 Å². The van der Waals surface area contributed by atoms with E-state index in [0.29, 0.717) is 6.42 Å². The lowest BCUT2D eigenvalue weighted by Gasteiger charge is -2.36. The number of ether oxygens (including phenoxy) is 1. The number of hydrogen-bond donors (Lipinski definition) is 0. The van der Waals surface area contributed by atoms with Crippen molar-refractivity contribution < 1.29 is 14.3 Å². The first kappa shape index (κ1) is 15.5. The largest absolute Gasteiger partial charge is 0.469 e. The van der Waals surface area contributed by atoms with E-state index in [2.05, 4.69) is 4.90 Å². The zero-order valence-electron chi connectivity index (χ0n) is 12.9. The Morgan fingerprint density at radius 3 is 2.55 bits per heavy atom. The van der Waals surface area contributed by atoms with Gasteiger partial charge in [-0.2, -0.15) is 0 Å². The van der Waals surface area contributed by atoms with Gasteiger partial charge >= 0.3 is 5.97 Å². The summed E-state index contributed by atoms with van der Waals surface area (Å²) in [6.45, 7) is 4.26. The lowest BCUT2D eigenvalue weighted by Crippen LogP contribution is -2.50. The third-order valence-corrected chi connectivity index (χ3v) is 5.51. The highest BCUT2D eigenvalue weighted by Gasteiger charge is 2.46. The van der Waals surface area contributed by atoms with Gasteiger partial charge in [-0.1, -0.05) is 6.07 Å². The molecule has 6 heteroatoms. The Bertz CT molecular complexity index is 532. The van der Waals surface area contributed by atoms with Gasteiger partial charge < -0.3 is 9.64 Å². The Morgan fingerprint density at radius 2 is 2.00 bits per heavy atom. The van der Waals surface area contributed by atoms with Crippen LogP contribution in [-0.4, -0.2) is 61.5 Å². The zero-order chi connectivity index (χ0) is 15.6. The second-order valence-electron chi connectivity index (χ2n) is 6.30. The van der Waals surface area contributed by atoms with Crippen molar-refractivity contribution in [3.8, 4) is 0 Å². The summed E-state index contributed by atoms with van der Waals surface area (Å²) in [6, 6.07) is 3.80. The highest BCUT2D eigenvalue weighted by Crippen LogP contribution is 2.49. The number of carbonyl (C=O) groups is 2. The first-order valence-corrected chi connectivity index (χ1v) is 8.62. The predicted molar refractivity (Wildman–Crippen MR) is 85.0 cm³/mol. The second-order valence-corrected chi connectivity index (χ2v) is 7.25. The average molecular weight is 322 g/mol. The molecule has 1 saturated carbocycles. The molecule has 2 aliphatic rings. The van der Waals surface area contributed by atoms with Crippen LogP contribution in [0, 0.1) is 5.41 Å². The van der Waals surface area contributed by atoms with Crippen LogP contribution in [0.2, 0.25) is 0 Å². The van der Waals surface area contributed by atoms with Gasteiger partial charge in [-0.3, -0.25) is 14.5 Å². The maximum atomic E-state index is 12.3. The second kappa shape index (κ2) is 6.38. The summed E-state index contributed by atoms with van der Waals surface area (Å²) in [6.07, 6.45) is 2.74. The summed E-state index contributed by atoms with van der Waals surface area (Å²) in [5.41, 5.74) is 0.132. The molecular formula is C16H22N2O3S. The number of nitrogens with zero attached hydrogens (tertiary/aromatic N) is 2. The van der Waals surface area contributed by atoms with Gasteiger partial charge in [0.2, 0.25) is 0 Å². The highest BCUT2D eigenvalue weighted by molar-refractivity contribution is 7.12. The summed E-state index contributed by atoms with van der Waals surface area (Å²) >= 11 is 1.50. The van der Waals surface area contributed by atoms with Crippen molar-refractivity contribution in [2.24, 2.45) is 5.41 Å². The molecule has 3 rings (SSSR count). The minimum absolute atomic E-state index is 0.107. The van der Waals surface area contributed by atoms with Crippen LogP contribution in [0.1, 0.15) is 28.9 Å². The number of hydrogen-bond acceptors (Lipinski definition) is 5. The molecular weight excluding hydrogens is 300 g/mol. The molecule has 0 unspecified atom stereocenters. The molecule has 1 amide bonds. The first-order valence-electron chi connectivity index (χ1n) is 7.74. The standard InChI is InChI=1S/C16H22N2O3S/c1-21-14(19)11-16(4-5-16)12-17-6-8-18(9-7-17)15(20)13-3-2-10-22-13/h2-3,10H,4-9,11-12H2,1H3. The van der Waals surface area contributed by atoms with Gasteiger partial charge in [-0.25, -0.2) is 0 Å². The van der Waals surface area contributed by atoms with Crippen LogP contribution in [0.4, 0.5) is 0 Å². The van der Waals surface area contributed by atoms with Crippen LogP contribution < -0.4 is 0 Å². The van der Waals surface area contributed by atoms with Gasteiger partial charge in [0.15, 0.2) is 0 Å². The summed E-state index contributed by atoms with van der Waals surface area (Å²) in [5, 5.41) is 1.94. The van der Waals surface area contributed by atoms with E-state index in [1.165, 1.54) is 18.4 Å². The molecule has 0 bridgehead atoms. The SMILES string of the molecule is COC(=O)CC1(CN2CCN(C(=O)c3cccs3)CC2)CC1. The zero-order valence-corrected chi connectivity index (χ0v) is 13.7. The number of rotatable bonds is 5. The number of amides is 1. The molecule has 22 heavy (non-hydrogen) atoms. The smallest absolute Gasteiger partial charge is 0.306 e. The lowest BCUT2D eigenvalue weighted by molar-refractivity contribution is -0.142. The quantitative estimate of drug-likeness (QED) is 0.776. The van der Waals surface area contributed by atoms with Crippen molar-refractivity contribution in [1.29, 1.82) is 0 Å². The van der Waals surface area contributed by atoms with Crippen LogP contribution in [0.5, 0.6) is 0 Å². The Morgan fingerprint density at radius 1 is 1.27 bits per heavy atom. The third-order valence-electron chi connectivity index (χ3n) is 4.65. The molecule has 0 atom stereocenters. The van der Waals surface area contributed by atoms with Crippen LogP contribution in [0.25, 0.3) is 0 Å². The van der Waals surface area contributed by atoms with E-state index < -0.39 is 0 Å². The van der Waals surface area contributed by atoms with E-state index in [0.717, 1.165) is 50.4 Å². The van der Waals surface area contributed by atoms with Gasteiger partial charge in [0.25, 0.3) is 5.91 Å². The number of methoxy groups -OCH3 is 1. The predicted octanol–water partition coefficient (Wildman–Crippen LogP) is 1.85. The Kier molecular flexibility index (Phi) is 4.49. The fraction of sp³-hybridized carbons (Fsp3) is 0.625. The molecule has 0 spiro atoms. The molecule has 0 radical (unpaired) electrons. The minimum atomic E-state index is -0.107. The normalized spacial score (nSPS) is 20.7. The van der Waals surface area contributed by atoms with Crippen molar-refractivity contribution in [2.45, 2.75) is 19.3 Å². The number of thiophene rings is 1. The highest BCUT2D eigenvalue weighted by atomic mass is 32.1. The van der Waals surface area contributed by atoms with Gasteiger partial charge in [0.05, 0.1) is 18.4 Å². The number of esters is 1. The Hall–Kier alpha value is -1.40. The van der Waals surface area contributed by atoms with Gasteiger partial charge in [0, 0.05) is 32.7 Å².